The minimum Gasteiger partial charge on any atom is -0.337 e. The molecular weight excluding hydrogens is 326 g/mol. The molecule has 138 valence electrons. The molecule has 0 saturated carbocycles. The molecule has 0 bridgehead atoms. The Morgan fingerprint density at radius 1 is 1.12 bits per heavy atom. The quantitative estimate of drug-likeness (QED) is 0.847. The van der Waals surface area contributed by atoms with Crippen LogP contribution in [0.3, 0.4) is 0 Å². The number of nitrogens with zero attached hydrogens (tertiary/aromatic N) is 5. The molecule has 6 nitrogen and oxygen atoms in total. The lowest BCUT2D eigenvalue weighted by molar-refractivity contribution is -0.132. The number of amides is 1. The van der Waals surface area contributed by atoms with E-state index in [2.05, 4.69) is 30.4 Å². The molecule has 26 heavy (non-hydrogen) atoms. The van der Waals surface area contributed by atoms with Gasteiger partial charge in [0.25, 0.3) is 0 Å². The summed E-state index contributed by atoms with van der Waals surface area (Å²) in [5.41, 5.74) is 2.39. The minimum atomic E-state index is 0.0220. The Hall–Kier alpha value is -2.21. The summed E-state index contributed by atoms with van der Waals surface area (Å²) in [5, 5.41) is 0. The van der Waals surface area contributed by atoms with E-state index in [-0.39, 0.29) is 5.54 Å². The van der Waals surface area contributed by atoms with Gasteiger partial charge in [-0.2, -0.15) is 0 Å². The first-order chi connectivity index (χ1) is 12.7. The van der Waals surface area contributed by atoms with Gasteiger partial charge in [0, 0.05) is 57.2 Å². The number of hydrogen-bond donors (Lipinski definition) is 0. The third-order valence-corrected chi connectivity index (χ3v) is 6.05. The second-order valence-corrected chi connectivity index (χ2v) is 7.69. The number of hydrogen-bond acceptors (Lipinski definition) is 4. The third-order valence-electron chi connectivity index (χ3n) is 6.05. The van der Waals surface area contributed by atoms with Crippen molar-refractivity contribution in [3.63, 3.8) is 0 Å². The predicted octanol–water partition coefficient (Wildman–Crippen LogP) is 2.36. The zero-order valence-corrected chi connectivity index (χ0v) is 15.5. The SMILES string of the molecule is Cn1cncc1CN1CCC[C@]2(CCC(=O)N2Cc2cccnc2)CC1. The summed E-state index contributed by atoms with van der Waals surface area (Å²) in [7, 11) is 2.05. The van der Waals surface area contributed by atoms with Gasteiger partial charge in [0.15, 0.2) is 0 Å². The number of carbonyl (C=O) groups excluding carboxylic acids is 1. The van der Waals surface area contributed by atoms with Gasteiger partial charge in [-0.1, -0.05) is 6.07 Å². The van der Waals surface area contributed by atoms with E-state index in [1.807, 2.05) is 31.8 Å². The molecule has 2 saturated heterocycles. The fourth-order valence-electron chi connectivity index (χ4n) is 4.48. The Morgan fingerprint density at radius 3 is 2.81 bits per heavy atom. The summed E-state index contributed by atoms with van der Waals surface area (Å²) >= 11 is 0. The zero-order valence-electron chi connectivity index (χ0n) is 15.5. The van der Waals surface area contributed by atoms with E-state index in [4.69, 9.17) is 0 Å². The van der Waals surface area contributed by atoms with Crippen molar-refractivity contribution < 1.29 is 4.79 Å². The van der Waals surface area contributed by atoms with Crippen LogP contribution in [0.1, 0.15) is 43.4 Å². The summed E-state index contributed by atoms with van der Waals surface area (Å²) in [6.45, 7) is 3.74. The molecule has 0 unspecified atom stereocenters. The standard InChI is InChI=1S/C20H27N5O/c1-23-16-22-13-18(23)15-24-10-3-6-20(8-11-24)7-5-19(26)25(20)14-17-4-2-9-21-12-17/h2,4,9,12-13,16H,3,5-8,10-11,14-15H2,1H3/t20-/m0/s1. The predicted molar refractivity (Wildman–Crippen MR) is 99.1 cm³/mol. The molecule has 4 rings (SSSR count). The lowest BCUT2D eigenvalue weighted by Gasteiger charge is -2.38. The highest BCUT2D eigenvalue weighted by Crippen LogP contribution is 2.40. The van der Waals surface area contributed by atoms with Gasteiger partial charge in [-0.3, -0.25) is 14.7 Å². The number of imidazole rings is 1. The highest BCUT2D eigenvalue weighted by atomic mass is 16.2. The van der Waals surface area contributed by atoms with Gasteiger partial charge in [0.2, 0.25) is 5.91 Å². The largest absolute Gasteiger partial charge is 0.337 e. The number of aromatic nitrogens is 3. The lowest BCUT2D eigenvalue weighted by Crippen LogP contribution is -2.45. The second-order valence-electron chi connectivity index (χ2n) is 7.69. The van der Waals surface area contributed by atoms with Gasteiger partial charge >= 0.3 is 0 Å². The van der Waals surface area contributed by atoms with Gasteiger partial charge in [0.1, 0.15) is 0 Å². The Kier molecular flexibility index (Phi) is 4.76. The number of aryl methyl sites for hydroxylation is 1. The van der Waals surface area contributed by atoms with Gasteiger partial charge in [-0.25, -0.2) is 4.98 Å². The van der Waals surface area contributed by atoms with Crippen molar-refractivity contribution in [2.75, 3.05) is 13.1 Å². The Labute approximate surface area is 154 Å². The molecular formula is C20H27N5O. The molecule has 1 spiro atoms. The maximum Gasteiger partial charge on any atom is 0.223 e. The molecule has 0 aromatic carbocycles. The average Bonchev–Trinajstić information content (AvgIpc) is 3.10. The maximum absolute atomic E-state index is 12.6. The fraction of sp³-hybridized carbons (Fsp3) is 0.550. The monoisotopic (exact) mass is 353 g/mol. The first-order valence-electron chi connectivity index (χ1n) is 9.53. The molecule has 2 aliphatic heterocycles. The molecule has 0 radical (unpaired) electrons. The second kappa shape index (κ2) is 7.19. The number of pyridine rings is 1. The van der Waals surface area contributed by atoms with Crippen LogP contribution in [0.2, 0.25) is 0 Å². The number of likely N-dealkylation sites (tertiary alicyclic amines) is 2. The van der Waals surface area contributed by atoms with E-state index >= 15 is 0 Å². The first kappa shape index (κ1) is 17.2. The van der Waals surface area contributed by atoms with Crippen LogP contribution in [0, 0.1) is 0 Å². The van der Waals surface area contributed by atoms with E-state index in [0.29, 0.717) is 18.9 Å². The van der Waals surface area contributed by atoms with Crippen LogP contribution in [0.15, 0.2) is 37.1 Å². The van der Waals surface area contributed by atoms with Crippen LogP contribution in [0.4, 0.5) is 0 Å². The van der Waals surface area contributed by atoms with Gasteiger partial charge < -0.3 is 9.47 Å². The van der Waals surface area contributed by atoms with Crippen molar-refractivity contribution in [2.24, 2.45) is 7.05 Å². The molecule has 6 heteroatoms. The highest BCUT2D eigenvalue weighted by Gasteiger charge is 2.45. The third kappa shape index (κ3) is 3.38. The van der Waals surface area contributed by atoms with Crippen LogP contribution in [0.5, 0.6) is 0 Å². The Morgan fingerprint density at radius 2 is 2.04 bits per heavy atom. The Bertz CT molecular complexity index is 759. The van der Waals surface area contributed by atoms with Crippen molar-refractivity contribution in [3.05, 3.63) is 48.3 Å². The summed E-state index contributed by atoms with van der Waals surface area (Å²) < 4.78 is 2.09. The van der Waals surface area contributed by atoms with E-state index in [9.17, 15) is 4.79 Å². The summed E-state index contributed by atoms with van der Waals surface area (Å²) in [6, 6.07) is 4.02. The topological polar surface area (TPSA) is 54.3 Å². The average molecular weight is 353 g/mol. The molecule has 4 heterocycles. The van der Waals surface area contributed by atoms with Crippen LogP contribution in [-0.4, -0.2) is 48.9 Å². The van der Waals surface area contributed by atoms with E-state index in [1.165, 1.54) is 5.69 Å². The van der Waals surface area contributed by atoms with Crippen molar-refractivity contribution in [1.82, 2.24) is 24.3 Å². The van der Waals surface area contributed by atoms with Gasteiger partial charge in [0.05, 0.1) is 12.0 Å². The van der Waals surface area contributed by atoms with Crippen molar-refractivity contribution in [2.45, 2.75) is 50.7 Å². The molecule has 0 N–H and O–H groups in total. The van der Waals surface area contributed by atoms with Crippen LogP contribution in [-0.2, 0) is 24.9 Å². The van der Waals surface area contributed by atoms with Gasteiger partial charge in [-0.15, -0.1) is 0 Å². The van der Waals surface area contributed by atoms with E-state index in [1.54, 1.807) is 6.20 Å². The Balaban J connectivity index is 1.47. The van der Waals surface area contributed by atoms with Crippen molar-refractivity contribution >= 4 is 5.91 Å². The summed E-state index contributed by atoms with van der Waals surface area (Å²) in [4.78, 5) is 25.7. The normalized spacial score (nSPS) is 24.3. The molecule has 1 amide bonds. The van der Waals surface area contributed by atoms with Crippen LogP contribution >= 0.6 is 0 Å². The number of rotatable bonds is 4. The zero-order chi connectivity index (χ0) is 18.0. The lowest BCUT2D eigenvalue weighted by atomic mass is 9.87. The van der Waals surface area contributed by atoms with Crippen molar-refractivity contribution in [1.29, 1.82) is 0 Å². The molecule has 2 aliphatic rings. The fourth-order valence-corrected chi connectivity index (χ4v) is 4.48. The summed E-state index contributed by atoms with van der Waals surface area (Å²) in [6.07, 6.45) is 12.4. The number of carbonyl (C=O) groups is 1. The molecule has 2 aromatic heterocycles. The first-order valence-corrected chi connectivity index (χ1v) is 9.53. The van der Waals surface area contributed by atoms with E-state index in [0.717, 1.165) is 50.9 Å². The van der Waals surface area contributed by atoms with E-state index < -0.39 is 0 Å². The smallest absolute Gasteiger partial charge is 0.223 e. The van der Waals surface area contributed by atoms with Crippen LogP contribution in [0.25, 0.3) is 0 Å². The van der Waals surface area contributed by atoms with Crippen molar-refractivity contribution in [3.8, 4) is 0 Å². The molecule has 1 atom stereocenters. The molecule has 2 aromatic rings. The highest BCUT2D eigenvalue weighted by molar-refractivity contribution is 5.79. The molecule has 2 fully saturated rings. The maximum atomic E-state index is 12.6. The molecule has 0 aliphatic carbocycles. The van der Waals surface area contributed by atoms with Gasteiger partial charge in [-0.05, 0) is 43.9 Å². The minimum absolute atomic E-state index is 0.0220. The van der Waals surface area contributed by atoms with Crippen LogP contribution < -0.4 is 0 Å². The summed E-state index contributed by atoms with van der Waals surface area (Å²) in [5.74, 6) is 0.300.